The molecule has 3 aromatic rings. The summed E-state index contributed by atoms with van der Waals surface area (Å²) in [5.41, 5.74) is 3.32. The zero-order valence-corrected chi connectivity index (χ0v) is 14.0. The summed E-state index contributed by atoms with van der Waals surface area (Å²) in [5, 5.41) is 1.85. The molecule has 6 heteroatoms. The Labute approximate surface area is 142 Å². The Morgan fingerprint density at radius 3 is 2.52 bits per heavy atom. The zero-order chi connectivity index (χ0) is 15.1. The van der Waals surface area contributed by atoms with Gasteiger partial charge < -0.3 is 0 Å². The van der Waals surface area contributed by atoms with Crippen LogP contribution in [0.25, 0.3) is 16.7 Å². The predicted molar refractivity (Wildman–Crippen MR) is 90.4 cm³/mol. The number of benzene rings is 2. The normalized spacial score (nSPS) is 11.3. The highest BCUT2D eigenvalue weighted by atomic mass is 35.5. The fourth-order valence-corrected chi connectivity index (χ4v) is 3.07. The minimum Gasteiger partial charge on any atom is -0.294 e. The molecule has 2 aromatic carbocycles. The van der Waals surface area contributed by atoms with Crippen LogP contribution >= 0.6 is 46.4 Å². The molecule has 0 spiro atoms. The summed E-state index contributed by atoms with van der Waals surface area (Å²) >= 11 is 24.7. The molecule has 0 aliphatic heterocycles. The van der Waals surface area contributed by atoms with Crippen molar-refractivity contribution in [2.75, 3.05) is 0 Å². The van der Waals surface area contributed by atoms with E-state index in [2.05, 4.69) is 4.98 Å². The van der Waals surface area contributed by atoms with Gasteiger partial charge in [0.05, 0.1) is 27.6 Å². The Morgan fingerprint density at radius 1 is 1.05 bits per heavy atom. The number of hydrogen-bond donors (Lipinski definition) is 0. The van der Waals surface area contributed by atoms with Gasteiger partial charge in [-0.05, 0) is 42.8 Å². The fourth-order valence-electron chi connectivity index (χ4n) is 2.26. The van der Waals surface area contributed by atoms with Crippen molar-refractivity contribution in [3.63, 3.8) is 0 Å². The molecule has 0 fully saturated rings. The first-order chi connectivity index (χ1) is 10.0. The first-order valence-electron chi connectivity index (χ1n) is 6.20. The van der Waals surface area contributed by atoms with Crippen LogP contribution in [0.3, 0.4) is 0 Å². The standard InChI is InChI=1S/C15H10Cl4N2/c1-8-4-11(19)13(6-10(8)18)21-14-5-9(17)2-3-12(14)20-15(21)7-16/h2-6H,7H2,1H3. The number of fused-ring (bicyclic) bond motifs is 1. The van der Waals surface area contributed by atoms with Crippen LogP contribution in [0, 0.1) is 6.92 Å². The average molecular weight is 360 g/mol. The second-order valence-electron chi connectivity index (χ2n) is 4.68. The molecule has 3 rings (SSSR count). The van der Waals surface area contributed by atoms with E-state index < -0.39 is 0 Å². The maximum atomic E-state index is 6.38. The number of halogens is 4. The predicted octanol–water partition coefficient (Wildman–Crippen LogP) is 6.03. The molecule has 0 saturated heterocycles. The second kappa shape index (κ2) is 5.69. The second-order valence-corrected chi connectivity index (χ2v) is 6.20. The first kappa shape index (κ1) is 15.0. The van der Waals surface area contributed by atoms with Crippen LogP contribution in [-0.2, 0) is 5.88 Å². The van der Waals surface area contributed by atoms with Crippen LogP contribution < -0.4 is 0 Å². The fraction of sp³-hybridized carbons (Fsp3) is 0.133. The third-order valence-corrected chi connectivity index (χ3v) is 4.46. The van der Waals surface area contributed by atoms with E-state index in [1.807, 2.05) is 35.8 Å². The minimum absolute atomic E-state index is 0.258. The average Bonchev–Trinajstić information content (AvgIpc) is 2.80. The van der Waals surface area contributed by atoms with Crippen LogP contribution in [-0.4, -0.2) is 9.55 Å². The summed E-state index contributed by atoms with van der Waals surface area (Å²) in [6, 6.07) is 9.13. The molecule has 0 saturated carbocycles. The van der Waals surface area contributed by atoms with E-state index >= 15 is 0 Å². The smallest absolute Gasteiger partial charge is 0.129 e. The Morgan fingerprint density at radius 2 is 1.81 bits per heavy atom. The van der Waals surface area contributed by atoms with Gasteiger partial charge in [0.15, 0.2) is 0 Å². The van der Waals surface area contributed by atoms with Gasteiger partial charge in [-0.2, -0.15) is 0 Å². The number of hydrogen-bond acceptors (Lipinski definition) is 1. The van der Waals surface area contributed by atoms with Crippen LogP contribution in [0.1, 0.15) is 11.4 Å². The zero-order valence-electron chi connectivity index (χ0n) is 11.0. The molecular weight excluding hydrogens is 350 g/mol. The van der Waals surface area contributed by atoms with Gasteiger partial charge in [0.25, 0.3) is 0 Å². The van der Waals surface area contributed by atoms with Gasteiger partial charge in [-0.1, -0.05) is 34.8 Å². The van der Waals surface area contributed by atoms with Gasteiger partial charge in [-0.3, -0.25) is 4.57 Å². The van der Waals surface area contributed by atoms with Crippen LogP contribution in [0.5, 0.6) is 0 Å². The molecular formula is C15H10Cl4N2. The van der Waals surface area contributed by atoms with Crippen LogP contribution in [0.15, 0.2) is 30.3 Å². The molecule has 1 aromatic heterocycles. The lowest BCUT2D eigenvalue weighted by Crippen LogP contribution is -2.00. The molecule has 0 N–H and O–H groups in total. The van der Waals surface area contributed by atoms with Crippen LogP contribution in [0.2, 0.25) is 15.1 Å². The van der Waals surface area contributed by atoms with E-state index in [0.717, 1.165) is 22.3 Å². The number of imidazole rings is 1. The van der Waals surface area contributed by atoms with Crippen molar-refractivity contribution in [3.8, 4) is 5.69 Å². The molecule has 0 aliphatic rings. The van der Waals surface area contributed by atoms with Crippen molar-refractivity contribution in [2.24, 2.45) is 0 Å². The Balaban J connectivity index is 2.38. The van der Waals surface area contributed by atoms with E-state index in [9.17, 15) is 0 Å². The van der Waals surface area contributed by atoms with E-state index in [4.69, 9.17) is 46.4 Å². The third kappa shape index (κ3) is 2.62. The number of aryl methyl sites for hydroxylation is 1. The molecule has 2 nitrogen and oxygen atoms in total. The van der Waals surface area contributed by atoms with Gasteiger partial charge in [-0.25, -0.2) is 4.98 Å². The highest BCUT2D eigenvalue weighted by molar-refractivity contribution is 6.35. The molecule has 0 unspecified atom stereocenters. The Kier molecular flexibility index (Phi) is 4.06. The monoisotopic (exact) mass is 358 g/mol. The van der Waals surface area contributed by atoms with E-state index in [1.165, 1.54) is 0 Å². The van der Waals surface area contributed by atoms with E-state index in [1.54, 1.807) is 6.07 Å². The van der Waals surface area contributed by atoms with Crippen LogP contribution in [0.4, 0.5) is 0 Å². The number of aromatic nitrogens is 2. The highest BCUT2D eigenvalue weighted by Crippen LogP contribution is 2.32. The number of alkyl halides is 1. The van der Waals surface area contributed by atoms with Gasteiger partial charge in [0, 0.05) is 10.0 Å². The third-order valence-electron chi connectivity index (χ3n) is 3.27. The lowest BCUT2D eigenvalue weighted by Gasteiger charge is -2.12. The highest BCUT2D eigenvalue weighted by Gasteiger charge is 2.15. The summed E-state index contributed by atoms with van der Waals surface area (Å²) in [6.45, 7) is 1.91. The molecule has 0 atom stereocenters. The Hall–Kier alpha value is -0.930. The summed E-state index contributed by atoms with van der Waals surface area (Å²) in [4.78, 5) is 4.51. The van der Waals surface area contributed by atoms with Gasteiger partial charge >= 0.3 is 0 Å². The molecule has 0 bridgehead atoms. The lowest BCUT2D eigenvalue weighted by molar-refractivity contribution is 0.981. The van der Waals surface area contributed by atoms with Gasteiger partial charge in [0.1, 0.15) is 5.82 Å². The van der Waals surface area contributed by atoms with E-state index in [0.29, 0.717) is 20.9 Å². The topological polar surface area (TPSA) is 17.8 Å². The van der Waals surface area contributed by atoms with Crippen molar-refractivity contribution >= 4 is 57.4 Å². The first-order valence-corrected chi connectivity index (χ1v) is 7.87. The molecule has 0 aliphatic carbocycles. The molecule has 0 amide bonds. The Bertz CT molecular complexity index is 839. The van der Waals surface area contributed by atoms with Gasteiger partial charge in [-0.15, -0.1) is 11.6 Å². The summed E-state index contributed by atoms with van der Waals surface area (Å²) < 4.78 is 1.89. The number of nitrogens with zero attached hydrogens (tertiary/aromatic N) is 2. The maximum Gasteiger partial charge on any atom is 0.129 e. The largest absolute Gasteiger partial charge is 0.294 e. The molecule has 0 radical (unpaired) electrons. The quantitative estimate of drug-likeness (QED) is 0.510. The molecule has 108 valence electrons. The SMILES string of the molecule is Cc1cc(Cl)c(-n2c(CCl)nc3ccc(Cl)cc32)cc1Cl. The summed E-state index contributed by atoms with van der Waals surface area (Å²) in [5.74, 6) is 0.949. The van der Waals surface area contributed by atoms with Crippen molar-refractivity contribution in [2.45, 2.75) is 12.8 Å². The molecule has 21 heavy (non-hydrogen) atoms. The van der Waals surface area contributed by atoms with Crippen molar-refractivity contribution < 1.29 is 0 Å². The maximum absolute atomic E-state index is 6.38. The van der Waals surface area contributed by atoms with Crippen molar-refractivity contribution in [3.05, 3.63) is 56.8 Å². The van der Waals surface area contributed by atoms with Crippen molar-refractivity contribution in [1.82, 2.24) is 9.55 Å². The molecule has 1 heterocycles. The van der Waals surface area contributed by atoms with Crippen molar-refractivity contribution in [1.29, 1.82) is 0 Å². The summed E-state index contributed by atoms with van der Waals surface area (Å²) in [6.07, 6.45) is 0. The lowest BCUT2D eigenvalue weighted by atomic mass is 10.2. The summed E-state index contributed by atoms with van der Waals surface area (Å²) in [7, 11) is 0. The minimum atomic E-state index is 0.258. The number of rotatable bonds is 2. The van der Waals surface area contributed by atoms with E-state index in [-0.39, 0.29) is 5.88 Å². The van der Waals surface area contributed by atoms with Gasteiger partial charge in [0.2, 0.25) is 0 Å².